The molecule has 6 nitrogen and oxygen atoms in total. The summed E-state index contributed by atoms with van der Waals surface area (Å²) in [5.41, 5.74) is 1.84. The zero-order valence-corrected chi connectivity index (χ0v) is 16.4. The molecule has 1 aromatic carbocycles. The molecule has 0 radical (unpaired) electrons. The van der Waals surface area contributed by atoms with Crippen LogP contribution in [0.15, 0.2) is 23.3 Å². The first-order chi connectivity index (χ1) is 12.4. The summed E-state index contributed by atoms with van der Waals surface area (Å²) in [5, 5.41) is 3.89. The Balaban J connectivity index is 2.04. The number of benzene rings is 1. The fourth-order valence-corrected chi connectivity index (χ4v) is 3.90. The Morgan fingerprint density at radius 3 is 2.77 bits per heavy atom. The quantitative estimate of drug-likeness (QED) is 0.729. The fraction of sp³-hybridized carbons (Fsp3) is 0.278. The smallest absolute Gasteiger partial charge is 0.266 e. The average Bonchev–Trinajstić information content (AvgIpc) is 2.96. The maximum Gasteiger partial charge on any atom is 0.266 e. The molecule has 0 atom stereocenters. The molecule has 2 heterocycles. The van der Waals surface area contributed by atoms with E-state index in [1.807, 2.05) is 13.8 Å². The summed E-state index contributed by atoms with van der Waals surface area (Å²) >= 11 is 7.31. The number of thiophene rings is 1. The SMILES string of the molecule is CCn1cnc2sc(C(=O)Nc3cc(C)c(Cl)cc3OC)c(C)c2c1=O. The van der Waals surface area contributed by atoms with Crippen molar-refractivity contribution >= 4 is 44.7 Å². The summed E-state index contributed by atoms with van der Waals surface area (Å²) in [5.74, 6) is 0.159. The lowest BCUT2D eigenvalue weighted by Crippen LogP contribution is -2.19. The van der Waals surface area contributed by atoms with Crippen molar-refractivity contribution in [1.82, 2.24) is 9.55 Å². The molecule has 0 spiro atoms. The first kappa shape index (κ1) is 18.4. The zero-order valence-electron chi connectivity index (χ0n) is 14.8. The molecule has 0 aliphatic heterocycles. The van der Waals surface area contributed by atoms with Crippen molar-refractivity contribution in [3.05, 3.63) is 49.8 Å². The van der Waals surface area contributed by atoms with Crippen LogP contribution in [0.4, 0.5) is 5.69 Å². The van der Waals surface area contributed by atoms with Crippen LogP contribution in [-0.4, -0.2) is 22.6 Å². The largest absolute Gasteiger partial charge is 0.495 e. The van der Waals surface area contributed by atoms with Gasteiger partial charge in [0.05, 0.1) is 29.4 Å². The number of carbonyl (C=O) groups is 1. The van der Waals surface area contributed by atoms with Crippen LogP contribution >= 0.6 is 22.9 Å². The minimum atomic E-state index is -0.312. The summed E-state index contributed by atoms with van der Waals surface area (Å²) in [7, 11) is 1.51. The summed E-state index contributed by atoms with van der Waals surface area (Å²) in [6.07, 6.45) is 1.51. The van der Waals surface area contributed by atoms with E-state index in [1.54, 1.807) is 19.1 Å². The number of hydrogen-bond acceptors (Lipinski definition) is 5. The molecule has 0 aliphatic rings. The van der Waals surface area contributed by atoms with E-state index in [2.05, 4.69) is 10.3 Å². The van der Waals surface area contributed by atoms with Crippen molar-refractivity contribution < 1.29 is 9.53 Å². The van der Waals surface area contributed by atoms with E-state index in [0.717, 1.165) is 5.56 Å². The zero-order chi connectivity index (χ0) is 19.0. The fourth-order valence-electron chi connectivity index (χ4n) is 2.71. The van der Waals surface area contributed by atoms with Gasteiger partial charge in [-0.1, -0.05) is 11.6 Å². The topological polar surface area (TPSA) is 73.2 Å². The lowest BCUT2D eigenvalue weighted by molar-refractivity contribution is 0.102. The molecule has 1 amide bonds. The minimum Gasteiger partial charge on any atom is -0.495 e. The molecule has 1 N–H and O–H groups in total. The van der Waals surface area contributed by atoms with Crippen molar-refractivity contribution in [2.24, 2.45) is 0 Å². The third kappa shape index (κ3) is 3.08. The van der Waals surface area contributed by atoms with Crippen LogP contribution in [0, 0.1) is 13.8 Å². The maximum absolute atomic E-state index is 12.8. The molecule has 0 aliphatic carbocycles. The molecule has 2 aromatic heterocycles. The van der Waals surface area contributed by atoms with Crippen LogP contribution in [0.25, 0.3) is 10.2 Å². The van der Waals surface area contributed by atoms with Crippen molar-refractivity contribution in [1.29, 1.82) is 0 Å². The van der Waals surface area contributed by atoms with Gasteiger partial charge in [-0.3, -0.25) is 14.2 Å². The van der Waals surface area contributed by atoms with Crippen LogP contribution in [0.3, 0.4) is 0 Å². The Kier molecular flexibility index (Phi) is 5.02. The van der Waals surface area contributed by atoms with Gasteiger partial charge in [0.2, 0.25) is 0 Å². The molecular formula is C18H18ClN3O3S. The molecule has 0 saturated heterocycles. The lowest BCUT2D eigenvalue weighted by atomic mass is 10.2. The van der Waals surface area contributed by atoms with Crippen LogP contribution in [0.2, 0.25) is 5.02 Å². The normalized spacial score (nSPS) is 11.0. The Morgan fingerprint density at radius 2 is 2.12 bits per heavy atom. The lowest BCUT2D eigenvalue weighted by Gasteiger charge is -2.12. The van der Waals surface area contributed by atoms with Gasteiger partial charge >= 0.3 is 0 Å². The second kappa shape index (κ2) is 7.09. The van der Waals surface area contributed by atoms with E-state index in [4.69, 9.17) is 16.3 Å². The second-order valence-electron chi connectivity index (χ2n) is 5.83. The molecule has 0 fully saturated rings. The van der Waals surface area contributed by atoms with Gasteiger partial charge in [-0.2, -0.15) is 0 Å². The average molecular weight is 392 g/mol. The van der Waals surface area contributed by atoms with E-state index in [9.17, 15) is 9.59 Å². The number of aromatic nitrogens is 2. The Hall–Kier alpha value is -2.38. The Morgan fingerprint density at radius 1 is 1.38 bits per heavy atom. The number of carbonyl (C=O) groups excluding carboxylic acids is 1. The summed E-state index contributed by atoms with van der Waals surface area (Å²) in [4.78, 5) is 30.6. The van der Waals surface area contributed by atoms with Crippen LogP contribution in [0.1, 0.15) is 27.7 Å². The van der Waals surface area contributed by atoms with Gasteiger partial charge in [-0.25, -0.2) is 4.98 Å². The van der Waals surface area contributed by atoms with Gasteiger partial charge in [-0.15, -0.1) is 11.3 Å². The predicted octanol–water partition coefficient (Wildman–Crippen LogP) is 4.01. The van der Waals surface area contributed by atoms with Gasteiger partial charge in [0.1, 0.15) is 10.6 Å². The van der Waals surface area contributed by atoms with E-state index < -0.39 is 0 Å². The number of ether oxygens (including phenoxy) is 1. The van der Waals surface area contributed by atoms with Crippen LogP contribution in [0.5, 0.6) is 5.75 Å². The third-order valence-corrected chi connectivity index (χ3v) is 5.80. The Bertz CT molecular complexity index is 1070. The number of nitrogens with one attached hydrogen (secondary N) is 1. The van der Waals surface area contributed by atoms with Crippen molar-refractivity contribution in [3.63, 3.8) is 0 Å². The monoisotopic (exact) mass is 391 g/mol. The van der Waals surface area contributed by atoms with Gasteiger partial charge in [0.15, 0.2) is 0 Å². The molecule has 136 valence electrons. The highest BCUT2D eigenvalue weighted by molar-refractivity contribution is 7.20. The number of halogens is 1. The molecule has 0 bridgehead atoms. The number of fused-ring (bicyclic) bond motifs is 1. The number of rotatable bonds is 4. The molecule has 26 heavy (non-hydrogen) atoms. The van der Waals surface area contributed by atoms with Crippen molar-refractivity contribution in [3.8, 4) is 5.75 Å². The summed E-state index contributed by atoms with van der Waals surface area (Å²) < 4.78 is 6.82. The first-order valence-electron chi connectivity index (χ1n) is 8.01. The highest BCUT2D eigenvalue weighted by Crippen LogP contribution is 2.33. The predicted molar refractivity (Wildman–Crippen MR) is 105 cm³/mol. The van der Waals surface area contributed by atoms with E-state index in [1.165, 1.54) is 29.3 Å². The molecule has 3 rings (SSSR count). The number of methoxy groups -OCH3 is 1. The van der Waals surface area contributed by atoms with Crippen molar-refractivity contribution in [2.45, 2.75) is 27.3 Å². The number of nitrogens with zero attached hydrogens (tertiary/aromatic N) is 2. The molecule has 0 unspecified atom stereocenters. The number of aryl methyl sites for hydroxylation is 3. The summed E-state index contributed by atoms with van der Waals surface area (Å²) in [6.45, 7) is 6.01. The Labute approximate surface area is 159 Å². The van der Waals surface area contributed by atoms with Gasteiger partial charge < -0.3 is 10.1 Å². The highest BCUT2D eigenvalue weighted by Gasteiger charge is 2.20. The van der Waals surface area contributed by atoms with Crippen LogP contribution < -0.4 is 15.6 Å². The minimum absolute atomic E-state index is 0.134. The third-order valence-electron chi connectivity index (χ3n) is 4.19. The number of amides is 1. The van der Waals surface area contributed by atoms with E-state index in [-0.39, 0.29) is 11.5 Å². The molecular weight excluding hydrogens is 374 g/mol. The van der Waals surface area contributed by atoms with E-state index >= 15 is 0 Å². The standard InChI is InChI=1S/C18H18ClN3O3S/c1-5-22-8-20-17-14(18(22)24)10(3)15(26-17)16(23)21-12-6-9(2)11(19)7-13(12)25-4/h6-8H,5H2,1-4H3,(H,21,23). The first-order valence-corrected chi connectivity index (χ1v) is 9.20. The molecule has 8 heteroatoms. The van der Waals surface area contributed by atoms with Gasteiger partial charge in [0.25, 0.3) is 11.5 Å². The van der Waals surface area contributed by atoms with Gasteiger partial charge in [-0.05, 0) is 38.0 Å². The molecule has 3 aromatic rings. The number of hydrogen-bond donors (Lipinski definition) is 1. The number of anilines is 1. The maximum atomic E-state index is 12.8. The van der Waals surface area contributed by atoms with Crippen molar-refractivity contribution in [2.75, 3.05) is 12.4 Å². The second-order valence-corrected chi connectivity index (χ2v) is 7.23. The van der Waals surface area contributed by atoms with Crippen LogP contribution in [-0.2, 0) is 6.54 Å². The van der Waals surface area contributed by atoms with Gasteiger partial charge in [0, 0.05) is 17.6 Å². The highest BCUT2D eigenvalue weighted by atomic mass is 35.5. The molecule has 0 saturated carbocycles. The summed E-state index contributed by atoms with van der Waals surface area (Å²) in [6, 6.07) is 3.41. The van der Waals surface area contributed by atoms with E-state index in [0.29, 0.717) is 43.7 Å².